The minimum Gasteiger partial charge on any atom is -0.478 e. The van der Waals surface area contributed by atoms with E-state index in [1.807, 2.05) is 0 Å². The van der Waals surface area contributed by atoms with Crippen LogP contribution < -0.4 is 4.72 Å². The molecule has 1 aliphatic rings. The summed E-state index contributed by atoms with van der Waals surface area (Å²) in [7, 11) is 0. The van der Waals surface area contributed by atoms with Gasteiger partial charge in [0.1, 0.15) is 0 Å². The first-order valence-corrected chi connectivity index (χ1v) is 5.39. The molecule has 1 aliphatic carbocycles. The van der Waals surface area contributed by atoms with Gasteiger partial charge in [-0.3, -0.25) is 0 Å². The van der Waals surface area contributed by atoms with Gasteiger partial charge in [0.05, 0.1) is 5.56 Å². The zero-order chi connectivity index (χ0) is 9.97. The second-order valence-corrected chi connectivity index (χ2v) is 4.41. The maximum Gasteiger partial charge on any atom is 0.335 e. The Morgan fingerprint density at radius 2 is 2.00 bits per heavy atom. The molecule has 0 aromatic heterocycles. The number of carboxylic acid groups (broad SMARTS) is 1. The SMILES string of the molecule is O=C(O)c1ccc(NSC2CC2)cc1. The molecule has 0 spiro atoms. The van der Waals surface area contributed by atoms with Crippen LogP contribution in [-0.4, -0.2) is 16.3 Å². The monoisotopic (exact) mass is 209 g/mol. The normalized spacial score (nSPS) is 15.1. The molecule has 0 unspecified atom stereocenters. The topological polar surface area (TPSA) is 49.3 Å². The van der Waals surface area contributed by atoms with Crippen molar-refractivity contribution in [2.24, 2.45) is 0 Å². The first-order chi connectivity index (χ1) is 6.75. The van der Waals surface area contributed by atoms with Crippen LogP contribution in [0.1, 0.15) is 23.2 Å². The second-order valence-electron chi connectivity index (χ2n) is 3.30. The Hall–Kier alpha value is -1.16. The van der Waals surface area contributed by atoms with Gasteiger partial charge in [-0.05, 0) is 49.1 Å². The largest absolute Gasteiger partial charge is 0.478 e. The summed E-state index contributed by atoms with van der Waals surface area (Å²) in [5, 5.41) is 9.42. The van der Waals surface area contributed by atoms with Crippen LogP contribution in [0.4, 0.5) is 5.69 Å². The highest BCUT2D eigenvalue weighted by Crippen LogP contribution is 2.34. The van der Waals surface area contributed by atoms with E-state index in [0.717, 1.165) is 10.9 Å². The van der Waals surface area contributed by atoms with Crippen molar-refractivity contribution in [3.63, 3.8) is 0 Å². The van der Waals surface area contributed by atoms with E-state index in [-0.39, 0.29) is 0 Å². The summed E-state index contributed by atoms with van der Waals surface area (Å²) in [6, 6.07) is 6.80. The van der Waals surface area contributed by atoms with Crippen molar-refractivity contribution in [1.82, 2.24) is 0 Å². The summed E-state index contributed by atoms with van der Waals surface area (Å²) in [5.41, 5.74) is 1.29. The third-order valence-corrected chi connectivity index (χ3v) is 3.16. The lowest BCUT2D eigenvalue weighted by Gasteiger charge is -2.03. The molecular weight excluding hydrogens is 198 g/mol. The van der Waals surface area contributed by atoms with Gasteiger partial charge in [0.2, 0.25) is 0 Å². The van der Waals surface area contributed by atoms with Gasteiger partial charge in [0.25, 0.3) is 0 Å². The molecule has 74 valence electrons. The van der Waals surface area contributed by atoms with Crippen LogP contribution in [0.25, 0.3) is 0 Å². The molecule has 2 N–H and O–H groups in total. The van der Waals surface area contributed by atoms with Gasteiger partial charge in [0.15, 0.2) is 0 Å². The van der Waals surface area contributed by atoms with Gasteiger partial charge in [-0.2, -0.15) is 0 Å². The highest BCUT2D eigenvalue weighted by Gasteiger charge is 2.21. The molecule has 14 heavy (non-hydrogen) atoms. The number of carbonyl (C=O) groups is 1. The number of hydrogen-bond acceptors (Lipinski definition) is 3. The van der Waals surface area contributed by atoms with Crippen molar-refractivity contribution in [3.8, 4) is 0 Å². The number of nitrogens with one attached hydrogen (secondary N) is 1. The average Bonchev–Trinajstić information content (AvgIpc) is 2.99. The van der Waals surface area contributed by atoms with Crippen molar-refractivity contribution in [2.75, 3.05) is 4.72 Å². The van der Waals surface area contributed by atoms with Crippen LogP contribution in [0.2, 0.25) is 0 Å². The number of rotatable bonds is 4. The smallest absolute Gasteiger partial charge is 0.335 e. The molecule has 1 saturated carbocycles. The van der Waals surface area contributed by atoms with E-state index in [1.54, 1.807) is 36.2 Å². The summed E-state index contributed by atoms with van der Waals surface area (Å²) < 4.78 is 3.20. The van der Waals surface area contributed by atoms with E-state index >= 15 is 0 Å². The molecule has 0 amide bonds. The quantitative estimate of drug-likeness (QED) is 0.748. The zero-order valence-electron chi connectivity index (χ0n) is 7.56. The molecule has 0 radical (unpaired) electrons. The number of benzene rings is 1. The standard InChI is InChI=1S/C10H11NO2S/c12-10(13)7-1-3-8(4-2-7)11-14-9-5-6-9/h1-4,9,11H,5-6H2,(H,12,13). The van der Waals surface area contributed by atoms with Crippen molar-refractivity contribution in [1.29, 1.82) is 0 Å². The first kappa shape index (κ1) is 9.40. The number of carboxylic acids is 1. The van der Waals surface area contributed by atoms with Crippen LogP contribution in [0.5, 0.6) is 0 Å². The molecule has 0 heterocycles. The highest BCUT2D eigenvalue weighted by molar-refractivity contribution is 8.01. The Morgan fingerprint density at radius 1 is 1.36 bits per heavy atom. The van der Waals surface area contributed by atoms with Crippen LogP contribution in [0.3, 0.4) is 0 Å². The van der Waals surface area contributed by atoms with E-state index < -0.39 is 5.97 Å². The van der Waals surface area contributed by atoms with Gasteiger partial charge in [-0.1, -0.05) is 0 Å². The van der Waals surface area contributed by atoms with Crippen molar-refractivity contribution in [2.45, 2.75) is 18.1 Å². The molecule has 0 saturated heterocycles. The first-order valence-electron chi connectivity index (χ1n) is 4.51. The zero-order valence-corrected chi connectivity index (χ0v) is 8.38. The lowest BCUT2D eigenvalue weighted by atomic mass is 10.2. The van der Waals surface area contributed by atoms with E-state index in [9.17, 15) is 4.79 Å². The predicted molar refractivity (Wildman–Crippen MR) is 57.6 cm³/mol. The van der Waals surface area contributed by atoms with Gasteiger partial charge >= 0.3 is 5.97 Å². The van der Waals surface area contributed by atoms with E-state index in [1.165, 1.54) is 12.8 Å². The molecule has 2 rings (SSSR count). The fraction of sp³-hybridized carbons (Fsp3) is 0.300. The maximum absolute atomic E-state index is 10.6. The van der Waals surface area contributed by atoms with Gasteiger partial charge in [0, 0.05) is 10.9 Å². The summed E-state index contributed by atoms with van der Waals surface area (Å²) in [4.78, 5) is 10.6. The molecule has 4 heteroatoms. The molecule has 1 aromatic carbocycles. The Bertz CT molecular complexity index is 332. The Morgan fingerprint density at radius 3 is 2.50 bits per heavy atom. The average molecular weight is 209 g/mol. The van der Waals surface area contributed by atoms with Crippen molar-refractivity contribution < 1.29 is 9.90 Å². The Kier molecular flexibility index (Phi) is 2.63. The molecule has 0 atom stereocenters. The fourth-order valence-electron chi connectivity index (χ4n) is 1.02. The van der Waals surface area contributed by atoms with Gasteiger partial charge in [-0.25, -0.2) is 4.79 Å². The van der Waals surface area contributed by atoms with Crippen molar-refractivity contribution in [3.05, 3.63) is 29.8 Å². The lowest BCUT2D eigenvalue weighted by Crippen LogP contribution is -1.96. The van der Waals surface area contributed by atoms with Crippen molar-refractivity contribution >= 4 is 23.6 Å². The summed E-state index contributed by atoms with van der Waals surface area (Å²) in [6.45, 7) is 0. The minimum absolute atomic E-state index is 0.326. The Labute approximate surface area is 86.6 Å². The highest BCUT2D eigenvalue weighted by atomic mass is 32.2. The van der Waals surface area contributed by atoms with E-state index in [4.69, 9.17) is 5.11 Å². The van der Waals surface area contributed by atoms with Gasteiger partial charge < -0.3 is 9.83 Å². The van der Waals surface area contributed by atoms with Crippen LogP contribution in [0.15, 0.2) is 24.3 Å². The predicted octanol–water partition coefficient (Wildman–Crippen LogP) is 2.61. The van der Waals surface area contributed by atoms with E-state index in [2.05, 4.69) is 4.72 Å². The second kappa shape index (κ2) is 3.92. The van der Waals surface area contributed by atoms with Crippen LogP contribution in [0, 0.1) is 0 Å². The molecule has 1 fully saturated rings. The summed E-state index contributed by atoms with van der Waals surface area (Å²) in [5.74, 6) is -0.883. The van der Waals surface area contributed by atoms with E-state index in [0.29, 0.717) is 5.56 Å². The maximum atomic E-state index is 10.6. The minimum atomic E-state index is -0.883. The third kappa shape index (κ3) is 2.42. The fourth-order valence-corrected chi connectivity index (χ4v) is 1.83. The van der Waals surface area contributed by atoms with Crippen LogP contribution >= 0.6 is 11.9 Å². The summed E-state index contributed by atoms with van der Waals surface area (Å²) >= 11 is 1.71. The van der Waals surface area contributed by atoms with Crippen LogP contribution in [-0.2, 0) is 0 Å². The molecule has 1 aromatic rings. The van der Waals surface area contributed by atoms with Gasteiger partial charge in [-0.15, -0.1) is 0 Å². The number of aromatic carboxylic acids is 1. The lowest BCUT2D eigenvalue weighted by molar-refractivity contribution is 0.0697. The molecule has 0 bridgehead atoms. The third-order valence-electron chi connectivity index (χ3n) is 2.00. The molecule has 3 nitrogen and oxygen atoms in total. The Balaban J connectivity index is 1.94. The molecular formula is C10H11NO2S. The molecule has 0 aliphatic heterocycles. The number of hydrogen-bond donors (Lipinski definition) is 2. The summed E-state index contributed by atoms with van der Waals surface area (Å²) in [6.07, 6.45) is 2.57. The number of anilines is 1.